The summed E-state index contributed by atoms with van der Waals surface area (Å²) in [6, 6.07) is 14.2. The maximum absolute atomic E-state index is 12.2. The number of amides is 1. The predicted octanol–water partition coefficient (Wildman–Crippen LogP) is 3.05. The van der Waals surface area contributed by atoms with E-state index in [0.717, 1.165) is 17.2 Å². The van der Waals surface area contributed by atoms with Gasteiger partial charge in [-0.1, -0.05) is 0 Å². The molecule has 0 unspecified atom stereocenters. The van der Waals surface area contributed by atoms with Gasteiger partial charge in [0.1, 0.15) is 29.6 Å². The minimum Gasteiger partial charge on any atom is -0.497 e. The maximum atomic E-state index is 12.2. The van der Waals surface area contributed by atoms with E-state index >= 15 is 0 Å². The van der Waals surface area contributed by atoms with Gasteiger partial charge in [0.2, 0.25) is 0 Å². The minimum atomic E-state index is -0.619. The third kappa shape index (κ3) is 5.88. The van der Waals surface area contributed by atoms with Crippen molar-refractivity contribution in [3.8, 4) is 23.0 Å². The Hall–Kier alpha value is -2.89. The normalized spacial score (nSPS) is 12.6. The first-order chi connectivity index (χ1) is 12.5. The van der Waals surface area contributed by atoms with E-state index in [1.54, 1.807) is 45.4 Å². The number of nitrogens with one attached hydrogen (secondary N) is 1. The molecule has 2 aromatic rings. The van der Waals surface area contributed by atoms with Crippen molar-refractivity contribution >= 4 is 5.91 Å². The van der Waals surface area contributed by atoms with Crippen molar-refractivity contribution in [3.63, 3.8) is 0 Å². The molecule has 1 amide bonds. The smallest absolute Gasteiger partial charge is 0.261 e. The van der Waals surface area contributed by atoms with Gasteiger partial charge in [0.25, 0.3) is 5.91 Å². The molecule has 0 saturated heterocycles. The Kier molecular flexibility index (Phi) is 7.14. The highest BCUT2D eigenvalue weighted by Gasteiger charge is 2.17. The molecule has 0 bridgehead atoms. The van der Waals surface area contributed by atoms with E-state index in [9.17, 15) is 4.79 Å². The standard InChI is InChI=1S/C20H25NO5/c1-14(13-25-18-9-5-16(23-3)6-10-18)21-20(22)15(2)26-19-11-7-17(24-4)8-12-19/h5-12,14-15H,13H2,1-4H3,(H,21,22)/t14-,15+/m0/s1. The first kappa shape index (κ1) is 19.4. The molecule has 0 fully saturated rings. The van der Waals surface area contributed by atoms with Crippen molar-refractivity contribution in [2.75, 3.05) is 20.8 Å². The Morgan fingerprint density at radius 2 is 1.31 bits per heavy atom. The second-order valence-corrected chi connectivity index (χ2v) is 5.83. The van der Waals surface area contributed by atoms with Gasteiger partial charge in [-0.15, -0.1) is 0 Å². The fourth-order valence-corrected chi connectivity index (χ4v) is 2.21. The van der Waals surface area contributed by atoms with E-state index in [1.165, 1.54) is 0 Å². The second kappa shape index (κ2) is 9.56. The van der Waals surface area contributed by atoms with Gasteiger partial charge in [-0.25, -0.2) is 0 Å². The molecule has 0 saturated carbocycles. The molecule has 2 atom stereocenters. The van der Waals surface area contributed by atoms with Crippen molar-refractivity contribution in [2.24, 2.45) is 0 Å². The molecule has 2 rings (SSSR count). The van der Waals surface area contributed by atoms with Gasteiger partial charge >= 0.3 is 0 Å². The SMILES string of the molecule is COc1ccc(OC[C@H](C)NC(=O)[C@@H](C)Oc2ccc(OC)cc2)cc1. The predicted molar refractivity (Wildman–Crippen MR) is 99.2 cm³/mol. The largest absolute Gasteiger partial charge is 0.497 e. The minimum absolute atomic E-state index is 0.161. The molecule has 140 valence electrons. The third-order valence-corrected chi connectivity index (χ3v) is 3.69. The summed E-state index contributed by atoms with van der Waals surface area (Å²) in [5.41, 5.74) is 0. The zero-order chi connectivity index (χ0) is 18.9. The molecule has 0 aliphatic carbocycles. The molecule has 6 nitrogen and oxygen atoms in total. The van der Waals surface area contributed by atoms with Crippen LogP contribution < -0.4 is 24.3 Å². The van der Waals surface area contributed by atoms with Crippen LogP contribution in [0.3, 0.4) is 0 Å². The van der Waals surface area contributed by atoms with Crippen LogP contribution in [0.15, 0.2) is 48.5 Å². The van der Waals surface area contributed by atoms with Crippen molar-refractivity contribution in [1.82, 2.24) is 5.32 Å². The molecule has 0 heterocycles. The summed E-state index contributed by atoms with van der Waals surface area (Å²) in [5.74, 6) is 2.62. The molecular weight excluding hydrogens is 334 g/mol. The van der Waals surface area contributed by atoms with E-state index in [4.69, 9.17) is 18.9 Å². The first-order valence-electron chi connectivity index (χ1n) is 8.39. The number of hydrogen-bond acceptors (Lipinski definition) is 5. The topological polar surface area (TPSA) is 66.0 Å². The van der Waals surface area contributed by atoms with Crippen LogP contribution in [0.25, 0.3) is 0 Å². The third-order valence-electron chi connectivity index (χ3n) is 3.69. The molecule has 26 heavy (non-hydrogen) atoms. The highest BCUT2D eigenvalue weighted by Crippen LogP contribution is 2.19. The van der Waals surface area contributed by atoms with Crippen LogP contribution in [0.5, 0.6) is 23.0 Å². The van der Waals surface area contributed by atoms with Gasteiger partial charge in [0.05, 0.1) is 20.3 Å². The molecule has 2 aromatic carbocycles. The summed E-state index contributed by atoms with van der Waals surface area (Å²) in [7, 11) is 3.21. The summed E-state index contributed by atoms with van der Waals surface area (Å²) in [5, 5.41) is 2.88. The van der Waals surface area contributed by atoms with Crippen LogP contribution in [0, 0.1) is 0 Å². The number of rotatable bonds is 9. The van der Waals surface area contributed by atoms with Crippen LogP contribution in [0.4, 0.5) is 0 Å². The Labute approximate surface area is 154 Å². The van der Waals surface area contributed by atoms with Crippen LogP contribution in [0.2, 0.25) is 0 Å². The molecule has 0 aliphatic rings. The molecule has 0 aromatic heterocycles. The summed E-state index contributed by atoms with van der Waals surface area (Å²) in [6.07, 6.45) is -0.619. The highest BCUT2D eigenvalue weighted by molar-refractivity contribution is 5.81. The van der Waals surface area contributed by atoms with E-state index in [0.29, 0.717) is 12.4 Å². The molecule has 1 N–H and O–H groups in total. The van der Waals surface area contributed by atoms with E-state index < -0.39 is 6.10 Å². The summed E-state index contributed by atoms with van der Waals surface area (Å²) in [6.45, 7) is 3.94. The number of carbonyl (C=O) groups excluding carboxylic acids is 1. The lowest BCUT2D eigenvalue weighted by atomic mass is 10.3. The highest BCUT2D eigenvalue weighted by atomic mass is 16.5. The van der Waals surface area contributed by atoms with E-state index in [2.05, 4.69) is 5.32 Å². The summed E-state index contributed by atoms with van der Waals surface area (Å²) in [4.78, 5) is 12.2. The average molecular weight is 359 g/mol. The lowest BCUT2D eigenvalue weighted by Gasteiger charge is -2.19. The number of methoxy groups -OCH3 is 2. The molecule has 6 heteroatoms. The van der Waals surface area contributed by atoms with Crippen LogP contribution in [-0.4, -0.2) is 38.9 Å². The molecule has 0 aliphatic heterocycles. The summed E-state index contributed by atoms with van der Waals surface area (Å²) >= 11 is 0. The fourth-order valence-electron chi connectivity index (χ4n) is 2.21. The van der Waals surface area contributed by atoms with E-state index in [-0.39, 0.29) is 11.9 Å². The zero-order valence-electron chi connectivity index (χ0n) is 15.5. The summed E-state index contributed by atoms with van der Waals surface area (Å²) < 4.78 is 21.5. The molecular formula is C20H25NO5. The zero-order valence-corrected chi connectivity index (χ0v) is 15.5. The van der Waals surface area contributed by atoms with Crippen molar-refractivity contribution < 1.29 is 23.7 Å². The first-order valence-corrected chi connectivity index (χ1v) is 8.39. The Balaban J connectivity index is 1.77. The monoisotopic (exact) mass is 359 g/mol. The van der Waals surface area contributed by atoms with Gasteiger partial charge in [-0.05, 0) is 62.4 Å². The van der Waals surface area contributed by atoms with Gasteiger partial charge in [0.15, 0.2) is 6.10 Å². The molecule has 0 spiro atoms. The van der Waals surface area contributed by atoms with Gasteiger partial charge in [-0.3, -0.25) is 4.79 Å². The van der Waals surface area contributed by atoms with Crippen molar-refractivity contribution in [3.05, 3.63) is 48.5 Å². The lowest BCUT2D eigenvalue weighted by Crippen LogP contribution is -2.43. The molecule has 0 radical (unpaired) electrons. The van der Waals surface area contributed by atoms with Gasteiger partial charge in [-0.2, -0.15) is 0 Å². The van der Waals surface area contributed by atoms with Crippen molar-refractivity contribution in [1.29, 1.82) is 0 Å². The number of hydrogen-bond donors (Lipinski definition) is 1. The average Bonchev–Trinajstić information content (AvgIpc) is 2.67. The van der Waals surface area contributed by atoms with Crippen molar-refractivity contribution in [2.45, 2.75) is 26.0 Å². The van der Waals surface area contributed by atoms with Gasteiger partial charge in [0, 0.05) is 0 Å². The second-order valence-electron chi connectivity index (χ2n) is 5.83. The maximum Gasteiger partial charge on any atom is 0.261 e. The Bertz CT molecular complexity index is 684. The van der Waals surface area contributed by atoms with Crippen LogP contribution >= 0.6 is 0 Å². The Morgan fingerprint density at radius 1 is 0.846 bits per heavy atom. The quantitative estimate of drug-likeness (QED) is 0.745. The number of carbonyl (C=O) groups is 1. The Morgan fingerprint density at radius 3 is 1.81 bits per heavy atom. The fraction of sp³-hybridized carbons (Fsp3) is 0.350. The van der Waals surface area contributed by atoms with E-state index in [1.807, 2.05) is 31.2 Å². The number of benzene rings is 2. The van der Waals surface area contributed by atoms with Crippen LogP contribution in [-0.2, 0) is 4.79 Å². The van der Waals surface area contributed by atoms with Crippen LogP contribution in [0.1, 0.15) is 13.8 Å². The van der Waals surface area contributed by atoms with Gasteiger partial charge < -0.3 is 24.3 Å². The number of ether oxygens (including phenoxy) is 4. The lowest BCUT2D eigenvalue weighted by molar-refractivity contribution is -0.128.